The zero-order valence-electron chi connectivity index (χ0n) is 15.5. The molecule has 0 heterocycles. The lowest BCUT2D eigenvalue weighted by Crippen LogP contribution is -2.26. The Kier molecular flexibility index (Phi) is 7.09. The zero-order valence-corrected chi connectivity index (χ0v) is 15.5. The molecule has 2 rings (SSSR count). The fourth-order valence-electron chi connectivity index (χ4n) is 2.70. The monoisotopic (exact) mass is 355 g/mol. The molecule has 26 heavy (non-hydrogen) atoms. The second-order valence-corrected chi connectivity index (χ2v) is 5.72. The van der Waals surface area contributed by atoms with E-state index in [1.54, 1.807) is 33.5 Å². The molecule has 0 atom stereocenters. The molecular formula is C21H25NO4. The number of ether oxygens (including phenoxy) is 3. The summed E-state index contributed by atoms with van der Waals surface area (Å²) in [6.07, 6.45) is 3.09. The van der Waals surface area contributed by atoms with Gasteiger partial charge in [0, 0.05) is 17.7 Å². The van der Waals surface area contributed by atoms with Gasteiger partial charge in [-0.1, -0.05) is 18.2 Å². The number of carbonyl (C=O) groups is 1. The van der Waals surface area contributed by atoms with Crippen LogP contribution in [0.4, 0.5) is 0 Å². The van der Waals surface area contributed by atoms with E-state index in [1.165, 1.54) is 0 Å². The van der Waals surface area contributed by atoms with E-state index in [-0.39, 0.29) is 5.91 Å². The molecule has 0 aliphatic heterocycles. The number of nitrogens with one attached hydrogen (secondary N) is 1. The Bertz CT molecular complexity index is 753. The minimum Gasteiger partial charge on any atom is -0.497 e. The van der Waals surface area contributed by atoms with Crippen molar-refractivity contribution in [1.29, 1.82) is 0 Å². The molecule has 5 heteroatoms. The largest absolute Gasteiger partial charge is 0.497 e. The first-order valence-electron chi connectivity index (χ1n) is 8.39. The van der Waals surface area contributed by atoms with Gasteiger partial charge in [0.25, 0.3) is 5.91 Å². The molecule has 0 aliphatic rings. The fraction of sp³-hybridized carbons (Fsp3) is 0.286. The molecule has 1 amide bonds. The van der Waals surface area contributed by atoms with E-state index in [0.29, 0.717) is 30.0 Å². The van der Waals surface area contributed by atoms with Crippen LogP contribution < -0.4 is 19.5 Å². The van der Waals surface area contributed by atoms with Crippen molar-refractivity contribution >= 4 is 5.91 Å². The Morgan fingerprint density at radius 3 is 2.38 bits per heavy atom. The Balaban J connectivity index is 2.05. The Morgan fingerprint density at radius 1 is 1.08 bits per heavy atom. The second kappa shape index (κ2) is 9.51. The number of methoxy groups -OCH3 is 3. The molecular weight excluding hydrogens is 330 g/mol. The van der Waals surface area contributed by atoms with Gasteiger partial charge in [-0.15, -0.1) is 6.58 Å². The number of allylic oxidation sites excluding steroid dienone is 1. The van der Waals surface area contributed by atoms with Crippen molar-refractivity contribution in [2.75, 3.05) is 27.9 Å². The van der Waals surface area contributed by atoms with Gasteiger partial charge >= 0.3 is 0 Å². The van der Waals surface area contributed by atoms with Crippen LogP contribution in [0, 0.1) is 0 Å². The molecule has 2 aromatic rings. The molecule has 0 spiro atoms. The Morgan fingerprint density at radius 2 is 1.81 bits per heavy atom. The normalized spacial score (nSPS) is 10.1. The maximum Gasteiger partial charge on any atom is 0.251 e. The minimum absolute atomic E-state index is 0.148. The smallest absolute Gasteiger partial charge is 0.251 e. The number of benzene rings is 2. The van der Waals surface area contributed by atoms with Gasteiger partial charge < -0.3 is 19.5 Å². The van der Waals surface area contributed by atoms with E-state index in [1.807, 2.05) is 30.3 Å². The van der Waals surface area contributed by atoms with Crippen molar-refractivity contribution in [1.82, 2.24) is 5.32 Å². The average molecular weight is 355 g/mol. The molecule has 0 saturated carbocycles. The van der Waals surface area contributed by atoms with Crippen molar-refractivity contribution in [3.8, 4) is 17.2 Å². The highest BCUT2D eigenvalue weighted by atomic mass is 16.5. The van der Waals surface area contributed by atoms with Crippen molar-refractivity contribution in [2.45, 2.75) is 12.8 Å². The summed E-state index contributed by atoms with van der Waals surface area (Å²) in [5.41, 5.74) is 2.53. The fourth-order valence-corrected chi connectivity index (χ4v) is 2.70. The lowest BCUT2D eigenvalue weighted by Gasteiger charge is -2.14. The van der Waals surface area contributed by atoms with Crippen LogP contribution in [0.25, 0.3) is 0 Å². The van der Waals surface area contributed by atoms with Crippen LogP contribution in [0.15, 0.2) is 49.1 Å². The molecule has 1 N–H and O–H groups in total. The third-order valence-corrected chi connectivity index (χ3v) is 4.04. The highest BCUT2D eigenvalue weighted by Gasteiger charge is 2.15. The number of amides is 1. The van der Waals surface area contributed by atoms with E-state index in [0.717, 1.165) is 23.3 Å². The zero-order chi connectivity index (χ0) is 18.9. The van der Waals surface area contributed by atoms with Gasteiger partial charge in [0.2, 0.25) is 0 Å². The summed E-state index contributed by atoms with van der Waals surface area (Å²) in [4.78, 5) is 12.5. The summed E-state index contributed by atoms with van der Waals surface area (Å²) in [5, 5.41) is 2.94. The Hall–Kier alpha value is -2.95. The van der Waals surface area contributed by atoms with Crippen LogP contribution in [0.3, 0.4) is 0 Å². The molecule has 0 bridgehead atoms. The SMILES string of the molecule is C=CCc1cc(C(=O)NCCc2ccc(OC)cc2)cc(OC)c1OC. The van der Waals surface area contributed by atoms with E-state index in [2.05, 4.69) is 11.9 Å². The Labute approximate surface area is 154 Å². The molecule has 0 saturated heterocycles. The molecule has 5 nitrogen and oxygen atoms in total. The molecule has 0 fully saturated rings. The van der Waals surface area contributed by atoms with Crippen molar-refractivity contribution in [2.24, 2.45) is 0 Å². The summed E-state index contributed by atoms with van der Waals surface area (Å²) < 4.78 is 15.9. The first kappa shape index (κ1) is 19.4. The van der Waals surface area contributed by atoms with E-state index < -0.39 is 0 Å². The molecule has 0 unspecified atom stereocenters. The third kappa shape index (κ3) is 4.79. The quantitative estimate of drug-likeness (QED) is 0.701. The van der Waals surface area contributed by atoms with Gasteiger partial charge in [-0.2, -0.15) is 0 Å². The van der Waals surface area contributed by atoms with Crippen molar-refractivity contribution in [3.63, 3.8) is 0 Å². The number of carbonyl (C=O) groups excluding carboxylic acids is 1. The molecule has 138 valence electrons. The topological polar surface area (TPSA) is 56.8 Å². The molecule has 0 radical (unpaired) electrons. The van der Waals surface area contributed by atoms with Crippen LogP contribution in [-0.2, 0) is 12.8 Å². The average Bonchev–Trinajstić information content (AvgIpc) is 2.68. The van der Waals surface area contributed by atoms with Gasteiger partial charge in [0.15, 0.2) is 11.5 Å². The third-order valence-electron chi connectivity index (χ3n) is 4.04. The predicted octanol–water partition coefficient (Wildman–Crippen LogP) is 3.41. The highest BCUT2D eigenvalue weighted by Crippen LogP contribution is 2.33. The van der Waals surface area contributed by atoms with E-state index in [9.17, 15) is 4.79 Å². The first-order chi connectivity index (χ1) is 12.6. The molecule has 0 aromatic heterocycles. The summed E-state index contributed by atoms with van der Waals surface area (Å²) in [6.45, 7) is 4.29. The standard InChI is InChI=1S/C21H25NO4/c1-5-6-16-13-17(14-19(25-3)20(16)26-4)21(23)22-12-11-15-7-9-18(24-2)10-8-15/h5,7-10,13-14H,1,6,11-12H2,2-4H3,(H,22,23). The highest BCUT2D eigenvalue weighted by molar-refractivity contribution is 5.95. The van der Waals surface area contributed by atoms with Crippen LogP contribution in [0.2, 0.25) is 0 Å². The number of rotatable bonds is 9. The van der Waals surface area contributed by atoms with Gasteiger partial charge in [0.1, 0.15) is 5.75 Å². The van der Waals surface area contributed by atoms with E-state index in [4.69, 9.17) is 14.2 Å². The van der Waals surface area contributed by atoms with Gasteiger partial charge in [-0.3, -0.25) is 4.79 Å². The lowest BCUT2D eigenvalue weighted by atomic mass is 10.0. The summed E-state index contributed by atoms with van der Waals surface area (Å²) in [5.74, 6) is 1.83. The van der Waals surface area contributed by atoms with E-state index >= 15 is 0 Å². The molecule has 2 aromatic carbocycles. The maximum absolute atomic E-state index is 12.5. The molecule has 0 aliphatic carbocycles. The van der Waals surface area contributed by atoms with Crippen molar-refractivity contribution < 1.29 is 19.0 Å². The summed E-state index contributed by atoms with van der Waals surface area (Å²) in [7, 11) is 4.78. The predicted molar refractivity (Wildman–Crippen MR) is 102 cm³/mol. The number of hydrogen-bond donors (Lipinski definition) is 1. The maximum atomic E-state index is 12.5. The first-order valence-corrected chi connectivity index (χ1v) is 8.39. The van der Waals surface area contributed by atoms with Gasteiger partial charge in [-0.05, 0) is 42.7 Å². The summed E-state index contributed by atoms with van der Waals surface area (Å²) in [6, 6.07) is 11.3. The van der Waals surface area contributed by atoms with Crippen LogP contribution in [-0.4, -0.2) is 33.8 Å². The minimum atomic E-state index is -0.148. The summed E-state index contributed by atoms with van der Waals surface area (Å²) >= 11 is 0. The van der Waals surface area contributed by atoms with Gasteiger partial charge in [-0.25, -0.2) is 0 Å². The van der Waals surface area contributed by atoms with Crippen LogP contribution in [0.5, 0.6) is 17.2 Å². The lowest BCUT2D eigenvalue weighted by molar-refractivity contribution is 0.0953. The van der Waals surface area contributed by atoms with Crippen LogP contribution >= 0.6 is 0 Å². The van der Waals surface area contributed by atoms with Crippen LogP contribution in [0.1, 0.15) is 21.5 Å². The number of hydrogen-bond acceptors (Lipinski definition) is 4. The second-order valence-electron chi connectivity index (χ2n) is 5.72. The van der Waals surface area contributed by atoms with Gasteiger partial charge in [0.05, 0.1) is 21.3 Å². The van der Waals surface area contributed by atoms with Crippen molar-refractivity contribution in [3.05, 3.63) is 65.7 Å².